The topological polar surface area (TPSA) is 42.2 Å². The average Bonchev–Trinajstić information content (AvgIpc) is 2.81. The first-order chi connectivity index (χ1) is 9.15. The van der Waals surface area contributed by atoms with E-state index < -0.39 is 5.97 Å². The molecular weight excluding hydrogens is 238 g/mol. The van der Waals surface area contributed by atoms with Crippen LogP contribution in [0, 0.1) is 6.92 Å². The third-order valence-electron chi connectivity index (χ3n) is 3.22. The predicted molar refractivity (Wildman–Crippen MR) is 75.0 cm³/mol. The van der Waals surface area contributed by atoms with E-state index >= 15 is 0 Å². The van der Waals surface area contributed by atoms with Gasteiger partial charge in [-0.15, -0.1) is 0 Å². The maximum Gasteiger partial charge on any atom is 0.335 e. The summed E-state index contributed by atoms with van der Waals surface area (Å²) in [7, 11) is 0. The van der Waals surface area contributed by atoms with Crippen molar-refractivity contribution in [1.82, 2.24) is 4.57 Å². The Bertz CT molecular complexity index is 771. The highest BCUT2D eigenvalue weighted by molar-refractivity contribution is 5.94. The SMILES string of the molecule is Cc1cccc(-n2ccc3cc(C(=O)O)ccc32)c1. The molecule has 0 radical (unpaired) electrons. The molecule has 0 aliphatic carbocycles. The Hall–Kier alpha value is -2.55. The van der Waals surface area contributed by atoms with Crippen LogP contribution >= 0.6 is 0 Å². The maximum absolute atomic E-state index is 11.0. The van der Waals surface area contributed by atoms with Crippen LogP contribution in [0.4, 0.5) is 0 Å². The van der Waals surface area contributed by atoms with Crippen molar-refractivity contribution >= 4 is 16.9 Å². The summed E-state index contributed by atoms with van der Waals surface area (Å²) in [6.45, 7) is 2.05. The number of nitrogens with zero attached hydrogens (tertiary/aromatic N) is 1. The van der Waals surface area contributed by atoms with Crippen molar-refractivity contribution in [1.29, 1.82) is 0 Å². The molecule has 0 aliphatic heterocycles. The molecule has 1 heterocycles. The van der Waals surface area contributed by atoms with Crippen molar-refractivity contribution in [2.45, 2.75) is 6.92 Å². The standard InChI is InChI=1S/C16H13NO2/c1-11-3-2-4-14(9-11)17-8-7-12-10-13(16(18)19)5-6-15(12)17/h2-10H,1H3,(H,18,19). The van der Waals surface area contributed by atoms with Gasteiger partial charge in [0, 0.05) is 17.3 Å². The minimum atomic E-state index is -0.898. The Morgan fingerprint density at radius 2 is 1.95 bits per heavy atom. The maximum atomic E-state index is 11.0. The molecule has 3 aromatic rings. The Morgan fingerprint density at radius 1 is 1.11 bits per heavy atom. The van der Waals surface area contributed by atoms with E-state index in [4.69, 9.17) is 5.11 Å². The molecule has 0 unspecified atom stereocenters. The Balaban J connectivity index is 2.18. The van der Waals surface area contributed by atoms with Gasteiger partial charge in [0.2, 0.25) is 0 Å². The van der Waals surface area contributed by atoms with Gasteiger partial charge in [0.25, 0.3) is 0 Å². The highest BCUT2D eigenvalue weighted by atomic mass is 16.4. The third kappa shape index (κ3) is 1.99. The first kappa shape index (κ1) is 11.5. The molecule has 0 fully saturated rings. The number of aromatic carboxylic acids is 1. The molecule has 1 aromatic heterocycles. The van der Waals surface area contributed by atoms with Gasteiger partial charge in [-0.25, -0.2) is 4.79 Å². The minimum Gasteiger partial charge on any atom is -0.478 e. The second-order valence-electron chi connectivity index (χ2n) is 4.60. The molecule has 3 rings (SSSR count). The average molecular weight is 251 g/mol. The van der Waals surface area contributed by atoms with Crippen LogP contribution < -0.4 is 0 Å². The first-order valence-corrected chi connectivity index (χ1v) is 6.06. The lowest BCUT2D eigenvalue weighted by Crippen LogP contribution is -1.96. The third-order valence-corrected chi connectivity index (χ3v) is 3.22. The molecule has 3 nitrogen and oxygen atoms in total. The number of hydrogen-bond acceptors (Lipinski definition) is 1. The van der Waals surface area contributed by atoms with Gasteiger partial charge >= 0.3 is 5.97 Å². The highest BCUT2D eigenvalue weighted by Crippen LogP contribution is 2.22. The molecular formula is C16H13NO2. The van der Waals surface area contributed by atoms with Crippen LogP contribution in [0.3, 0.4) is 0 Å². The van der Waals surface area contributed by atoms with Crippen molar-refractivity contribution in [3.63, 3.8) is 0 Å². The van der Waals surface area contributed by atoms with Crippen molar-refractivity contribution in [2.24, 2.45) is 0 Å². The summed E-state index contributed by atoms with van der Waals surface area (Å²) < 4.78 is 2.06. The lowest BCUT2D eigenvalue weighted by Gasteiger charge is -2.06. The second-order valence-corrected chi connectivity index (χ2v) is 4.60. The van der Waals surface area contributed by atoms with E-state index in [1.165, 1.54) is 5.56 Å². The number of fused-ring (bicyclic) bond motifs is 1. The number of carboxylic acid groups (broad SMARTS) is 1. The summed E-state index contributed by atoms with van der Waals surface area (Å²) in [4.78, 5) is 11.0. The van der Waals surface area contributed by atoms with E-state index in [-0.39, 0.29) is 0 Å². The van der Waals surface area contributed by atoms with Crippen molar-refractivity contribution in [2.75, 3.05) is 0 Å². The van der Waals surface area contributed by atoms with Gasteiger partial charge in [0.1, 0.15) is 0 Å². The fourth-order valence-electron chi connectivity index (χ4n) is 2.28. The monoisotopic (exact) mass is 251 g/mol. The number of hydrogen-bond donors (Lipinski definition) is 1. The summed E-state index contributed by atoms with van der Waals surface area (Å²) in [5.74, 6) is -0.898. The number of benzene rings is 2. The molecule has 2 aromatic carbocycles. The van der Waals surface area contributed by atoms with E-state index in [2.05, 4.69) is 23.6 Å². The molecule has 0 atom stereocenters. The zero-order chi connectivity index (χ0) is 13.4. The van der Waals surface area contributed by atoms with Gasteiger partial charge in [0.15, 0.2) is 0 Å². The fourth-order valence-corrected chi connectivity index (χ4v) is 2.28. The molecule has 0 bridgehead atoms. The number of carbonyl (C=O) groups is 1. The van der Waals surface area contributed by atoms with Gasteiger partial charge in [-0.05, 0) is 48.9 Å². The minimum absolute atomic E-state index is 0.314. The Labute approximate surface area is 110 Å². The van der Waals surface area contributed by atoms with Crippen molar-refractivity contribution in [3.8, 4) is 5.69 Å². The lowest BCUT2D eigenvalue weighted by atomic mass is 10.1. The van der Waals surface area contributed by atoms with Gasteiger partial charge in [-0.2, -0.15) is 0 Å². The molecule has 94 valence electrons. The van der Waals surface area contributed by atoms with Gasteiger partial charge < -0.3 is 9.67 Å². The lowest BCUT2D eigenvalue weighted by molar-refractivity contribution is 0.0697. The van der Waals surface area contributed by atoms with Crippen molar-refractivity contribution < 1.29 is 9.90 Å². The fraction of sp³-hybridized carbons (Fsp3) is 0.0625. The first-order valence-electron chi connectivity index (χ1n) is 6.06. The molecule has 0 saturated heterocycles. The molecule has 19 heavy (non-hydrogen) atoms. The van der Waals surface area contributed by atoms with Gasteiger partial charge in [-0.3, -0.25) is 0 Å². The molecule has 0 amide bonds. The molecule has 0 aliphatic rings. The number of aryl methyl sites for hydroxylation is 1. The molecule has 0 spiro atoms. The van der Waals surface area contributed by atoms with Crippen LogP contribution in [-0.4, -0.2) is 15.6 Å². The number of carboxylic acids is 1. The van der Waals surface area contributed by atoms with Gasteiger partial charge in [0.05, 0.1) is 11.1 Å². The summed E-state index contributed by atoms with van der Waals surface area (Å²) >= 11 is 0. The second kappa shape index (κ2) is 4.28. The van der Waals surface area contributed by atoms with Crippen LogP contribution in [0.25, 0.3) is 16.6 Å². The van der Waals surface area contributed by atoms with Crippen LogP contribution in [-0.2, 0) is 0 Å². The van der Waals surface area contributed by atoms with Crippen LogP contribution in [0.15, 0.2) is 54.7 Å². The zero-order valence-corrected chi connectivity index (χ0v) is 10.5. The van der Waals surface area contributed by atoms with E-state index in [0.29, 0.717) is 5.56 Å². The normalized spacial score (nSPS) is 10.8. The summed E-state index contributed by atoms with van der Waals surface area (Å²) in [6.07, 6.45) is 1.96. The molecule has 1 N–H and O–H groups in total. The smallest absolute Gasteiger partial charge is 0.335 e. The van der Waals surface area contributed by atoms with Gasteiger partial charge in [-0.1, -0.05) is 12.1 Å². The van der Waals surface area contributed by atoms with Crippen LogP contribution in [0.1, 0.15) is 15.9 Å². The quantitative estimate of drug-likeness (QED) is 0.755. The van der Waals surface area contributed by atoms with E-state index in [9.17, 15) is 4.79 Å². The largest absolute Gasteiger partial charge is 0.478 e. The Morgan fingerprint density at radius 3 is 2.68 bits per heavy atom. The van der Waals surface area contributed by atoms with Crippen LogP contribution in [0.5, 0.6) is 0 Å². The summed E-state index contributed by atoms with van der Waals surface area (Å²) in [5, 5.41) is 9.93. The molecule has 0 saturated carbocycles. The van der Waals surface area contributed by atoms with Crippen LogP contribution in [0.2, 0.25) is 0 Å². The number of rotatable bonds is 2. The zero-order valence-electron chi connectivity index (χ0n) is 10.5. The summed E-state index contributed by atoms with van der Waals surface area (Å²) in [6, 6.07) is 15.3. The Kier molecular flexibility index (Phi) is 2.60. The van der Waals surface area contributed by atoms with Crippen molar-refractivity contribution in [3.05, 3.63) is 65.9 Å². The van der Waals surface area contributed by atoms with E-state index in [1.54, 1.807) is 12.1 Å². The number of aromatic nitrogens is 1. The summed E-state index contributed by atoms with van der Waals surface area (Å²) in [5.41, 5.74) is 3.60. The highest BCUT2D eigenvalue weighted by Gasteiger charge is 2.07. The van der Waals surface area contributed by atoms with E-state index in [0.717, 1.165) is 16.6 Å². The molecule has 3 heteroatoms. The van der Waals surface area contributed by atoms with E-state index in [1.807, 2.05) is 30.5 Å². The predicted octanol–water partition coefficient (Wildman–Crippen LogP) is 3.64.